The summed E-state index contributed by atoms with van der Waals surface area (Å²) in [6.45, 7) is 0.657. The number of rotatable bonds is 4. The molecule has 132 valence electrons. The summed E-state index contributed by atoms with van der Waals surface area (Å²) < 4.78 is 7.41. The molecule has 0 aliphatic carbocycles. The first-order valence-corrected chi connectivity index (χ1v) is 8.97. The fourth-order valence-corrected chi connectivity index (χ4v) is 3.34. The Bertz CT molecular complexity index is 1010. The molecular weight excluding hydrogens is 328 g/mol. The molecular formula is C21H20N2O3. The average molecular weight is 348 g/mol. The van der Waals surface area contributed by atoms with Gasteiger partial charge in [0.05, 0.1) is 10.9 Å². The van der Waals surface area contributed by atoms with Crippen LogP contribution < -0.4 is 10.3 Å². The highest BCUT2D eigenvalue weighted by atomic mass is 16.5. The van der Waals surface area contributed by atoms with Crippen LogP contribution in [0, 0.1) is 0 Å². The van der Waals surface area contributed by atoms with Crippen LogP contribution in [0.15, 0.2) is 53.3 Å². The van der Waals surface area contributed by atoms with Gasteiger partial charge in [-0.25, -0.2) is 4.98 Å². The van der Waals surface area contributed by atoms with E-state index in [0.717, 1.165) is 31.5 Å². The molecule has 1 aromatic heterocycles. The molecule has 0 fully saturated rings. The normalized spacial score (nSPS) is 13.8. The van der Waals surface area contributed by atoms with Crippen LogP contribution in [0.3, 0.4) is 0 Å². The molecule has 1 aliphatic heterocycles. The maximum Gasteiger partial charge on any atom is 0.261 e. The van der Waals surface area contributed by atoms with Gasteiger partial charge in [-0.1, -0.05) is 36.8 Å². The second kappa shape index (κ2) is 7.12. The Labute approximate surface area is 151 Å². The largest absolute Gasteiger partial charge is 0.485 e. The second-order valence-electron chi connectivity index (χ2n) is 6.55. The van der Waals surface area contributed by atoms with Gasteiger partial charge in [-0.3, -0.25) is 14.2 Å². The minimum absolute atomic E-state index is 0.0215. The number of benzene rings is 2. The van der Waals surface area contributed by atoms with Crippen LogP contribution >= 0.6 is 0 Å². The zero-order chi connectivity index (χ0) is 17.9. The number of ketones is 1. The zero-order valence-corrected chi connectivity index (χ0v) is 14.5. The highest BCUT2D eigenvalue weighted by Crippen LogP contribution is 2.20. The lowest BCUT2D eigenvalue weighted by molar-refractivity contribution is 0.0921. The molecule has 5 heteroatoms. The van der Waals surface area contributed by atoms with Gasteiger partial charge >= 0.3 is 0 Å². The highest BCUT2D eigenvalue weighted by molar-refractivity contribution is 5.97. The van der Waals surface area contributed by atoms with Gasteiger partial charge in [-0.15, -0.1) is 0 Å². The number of carbonyl (C=O) groups is 1. The lowest BCUT2D eigenvalue weighted by atomic mass is 10.1. The van der Waals surface area contributed by atoms with Crippen LogP contribution in [0.2, 0.25) is 0 Å². The Morgan fingerprint density at radius 2 is 1.92 bits per heavy atom. The molecule has 0 saturated carbocycles. The van der Waals surface area contributed by atoms with Gasteiger partial charge in [-0.2, -0.15) is 0 Å². The van der Waals surface area contributed by atoms with E-state index in [0.29, 0.717) is 28.8 Å². The maximum absolute atomic E-state index is 12.8. The lowest BCUT2D eigenvalue weighted by Gasteiger charge is -2.11. The smallest absolute Gasteiger partial charge is 0.261 e. The minimum Gasteiger partial charge on any atom is -0.485 e. The van der Waals surface area contributed by atoms with E-state index in [1.54, 1.807) is 34.9 Å². The summed E-state index contributed by atoms with van der Waals surface area (Å²) in [6.07, 6.45) is 4.03. The molecule has 0 amide bonds. The van der Waals surface area contributed by atoms with E-state index >= 15 is 0 Å². The van der Waals surface area contributed by atoms with Crippen molar-refractivity contribution in [1.82, 2.24) is 9.55 Å². The molecule has 0 unspecified atom stereocenters. The van der Waals surface area contributed by atoms with Crippen molar-refractivity contribution in [1.29, 1.82) is 0 Å². The Balaban J connectivity index is 1.60. The van der Waals surface area contributed by atoms with Crippen molar-refractivity contribution in [3.05, 3.63) is 70.3 Å². The Kier molecular flexibility index (Phi) is 4.52. The SMILES string of the molecule is O=C(COc1ccc2nc3n(c(=O)c2c1)CCCCC3)c1ccccc1. The summed E-state index contributed by atoms with van der Waals surface area (Å²) in [5.74, 6) is 1.28. The quantitative estimate of drug-likeness (QED) is 0.678. The number of carbonyl (C=O) groups excluding carboxylic acids is 1. The number of aromatic nitrogens is 2. The third kappa shape index (κ3) is 3.25. The minimum atomic E-state index is -0.0949. The number of Topliss-reactive ketones (excluding diaryl/α,β-unsaturated/α-hetero) is 1. The van der Waals surface area contributed by atoms with Gasteiger partial charge in [0.15, 0.2) is 12.4 Å². The van der Waals surface area contributed by atoms with Crippen molar-refractivity contribution < 1.29 is 9.53 Å². The van der Waals surface area contributed by atoms with Gasteiger partial charge in [-0.05, 0) is 31.0 Å². The Morgan fingerprint density at radius 3 is 2.77 bits per heavy atom. The fraction of sp³-hybridized carbons (Fsp3) is 0.286. The van der Waals surface area contributed by atoms with Crippen LogP contribution in [-0.2, 0) is 13.0 Å². The summed E-state index contributed by atoms with van der Waals surface area (Å²) in [7, 11) is 0. The molecule has 0 saturated heterocycles. The van der Waals surface area contributed by atoms with Gasteiger partial charge < -0.3 is 4.74 Å². The number of aryl methyl sites for hydroxylation is 1. The fourth-order valence-electron chi connectivity index (χ4n) is 3.34. The van der Waals surface area contributed by atoms with Crippen LogP contribution in [0.4, 0.5) is 0 Å². The van der Waals surface area contributed by atoms with E-state index in [2.05, 4.69) is 4.98 Å². The summed E-state index contributed by atoms with van der Waals surface area (Å²) in [5, 5.41) is 0.542. The number of fused-ring (bicyclic) bond motifs is 2. The molecule has 4 rings (SSSR count). The third-order valence-corrected chi connectivity index (χ3v) is 4.75. The van der Waals surface area contributed by atoms with Gasteiger partial charge in [0.1, 0.15) is 11.6 Å². The Hall–Kier alpha value is -2.95. The monoisotopic (exact) mass is 348 g/mol. The lowest BCUT2D eigenvalue weighted by Crippen LogP contribution is -2.24. The van der Waals surface area contributed by atoms with Crippen LogP contribution in [-0.4, -0.2) is 21.9 Å². The highest BCUT2D eigenvalue weighted by Gasteiger charge is 2.14. The van der Waals surface area contributed by atoms with Crippen LogP contribution in [0.25, 0.3) is 10.9 Å². The number of ether oxygens (including phenoxy) is 1. The first kappa shape index (κ1) is 16.5. The van der Waals surface area contributed by atoms with E-state index in [4.69, 9.17) is 4.74 Å². The summed E-state index contributed by atoms with van der Waals surface area (Å²) in [4.78, 5) is 29.7. The first-order chi connectivity index (χ1) is 12.7. The molecule has 0 atom stereocenters. The predicted molar refractivity (Wildman–Crippen MR) is 99.8 cm³/mol. The van der Waals surface area contributed by atoms with E-state index in [-0.39, 0.29) is 17.9 Å². The van der Waals surface area contributed by atoms with Gasteiger partial charge in [0.2, 0.25) is 0 Å². The molecule has 3 aromatic rings. The van der Waals surface area contributed by atoms with Gasteiger partial charge in [0.25, 0.3) is 5.56 Å². The molecule has 1 aliphatic rings. The van der Waals surface area contributed by atoms with E-state index < -0.39 is 0 Å². The topological polar surface area (TPSA) is 61.2 Å². The van der Waals surface area contributed by atoms with Crippen molar-refractivity contribution in [3.63, 3.8) is 0 Å². The summed E-state index contributed by atoms with van der Waals surface area (Å²) >= 11 is 0. The molecule has 2 aromatic carbocycles. The van der Waals surface area contributed by atoms with E-state index in [1.807, 2.05) is 18.2 Å². The molecule has 26 heavy (non-hydrogen) atoms. The average Bonchev–Trinajstić information content (AvgIpc) is 2.93. The number of hydrogen-bond acceptors (Lipinski definition) is 4. The molecule has 0 bridgehead atoms. The third-order valence-electron chi connectivity index (χ3n) is 4.75. The Morgan fingerprint density at radius 1 is 1.08 bits per heavy atom. The molecule has 0 radical (unpaired) electrons. The van der Waals surface area contributed by atoms with Gasteiger partial charge in [0, 0.05) is 18.5 Å². The number of hydrogen-bond donors (Lipinski definition) is 0. The summed E-state index contributed by atoms with van der Waals surface area (Å²) in [5.41, 5.74) is 1.27. The molecule has 0 spiro atoms. The standard InChI is InChI=1S/C21H20N2O3/c24-19(15-7-3-1-4-8-15)14-26-16-10-11-18-17(13-16)21(25)23-12-6-2-5-9-20(23)22-18/h1,3-4,7-8,10-11,13H,2,5-6,9,12,14H2. The molecule has 0 N–H and O–H groups in total. The molecule has 2 heterocycles. The van der Waals surface area contributed by atoms with Crippen LogP contribution in [0.1, 0.15) is 35.4 Å². The second-order valence-corrected chi connectivity index (χ2v) is 6.55. The predicted octanol–water partition coefficient (Wildman–Crippen LogP) is 3.38. The molecule has 5 nitrogen and oxygen atoms in total. The first-order valence-electron chi connectivity index (χ1n) is 8.97. The van der Waals surface area contributed by atoms with Crippen LogP contribution in [0.5, 0.6) is 5.75 Å². The van der Waals surface area contributed by atoms with Crippen molar-refractivity contribution in [2.45, 2.75) is 32.2 Å². The van der Waals surface area contributed by atoms with Crippen molar-refractivity contribution in [2.75, 3.05) is 6.61 Å². The van der Waals surface area contributed by atoms with E-state index in [9.17, 15) is 9.59 Å². The van der Waals surface area contributed by atoms with Crippen molar-refractivity contribution >= 4 is 16.7 Å². The van der Waals surface area contributed by atoms with E-state index in [1.165, 1.54) is 0 Å². The zero-order valence-electron chi connectivity index (χ0n) is 14.5. The summed E-state index contributed by atoms with van der Waals surface area (Å²) in [6, 6.07) is 14.3. The maximum atomic E-state index is 12.8. The number of nitrogens with zero attached hydrogens (tertiary/aromatic N) is 2. The van der Waals surface area contributed by atoms with Crippen molar-refractivity contribution in [2.24, 2.45) is 0 Å². The van der Waals surface area contributed by atoms with Crippen molar-refractivity contribution in [3.8, 4) is 5.75 Å².